The van der Waals surface area contributed by atoms with Crippen LogP contribution in [0, 0.1) is 17.3 Å². The van der Waals surface area contributed by atoms with Crippen molar-refractivity contribution >= 4 is 7.85 Å². The summed E-state index contributed by atoms with van der Waals surface area (Å²) >= 11 is 0. The topological polar surface area (TPSA) is 40.5 Å². The Balaban J connectivity index is 1.80. The van der Waals surface area contributed by atoms with E-state index in [0.29, 0.717) is 17.6 Å². The molecule has 2 radical (unpaired) electrons. The molecule has 2 nitrogen and oxygen atoms in total. The van der Waals surface area contributed by atoms with E-state index in [4.69, 9.17) is 7.85 Å². The van der Waals surface area contributed by atoms with Crippen molar-refractivity contribution in [2.24, 2.45) is 17.3 Å². The Labute approximate surface area is 134 Å². The van der Waals surface area contributed by atoms with Crippen LogP contribution < -0.4 is 0 Å². The molecular formula is C19H25BO2. The van der Waals surface area contributed by atoms with Gasteiger partial charge in [-0.15, -0.1) is 0 Å². The van der Waals surface area contributed by atoms with Gasteiger partial charge >= 0.3 is 0 Å². The molecule has 116 valence electrons. The molecule has 2 N–H and O–H groups in total. The molecule has 0 bridgehead atoms. The van der Waals surface area contributed by atoms with Gasteiger partial charge in [0.05, 0.1) is 14.0 Å². The maximum Gasteiger partial charge on any atom is 0.114 e. The molecule has 0 aliphatic heterocycles. The number of aliphatic hydroxyl groups excluding tert-OH is 2. The highest BCUT2D eigenvalue weighted by Gasteiger charge is 2.53. The minimum absolute atomic E-state index is 0.163. The molecule has 2 unspecified atom stereocenters. The first-order valence-corrected chi connectivity index (χ1v) is 8.63. The van der Waals surface area contributed by atoms with Crippen LogP contribution in [0.1, 0.15) is 52.4 Å². The molecule has 4 aliphatic rings. The second-order valence-corrected chi connectivity index (χ2v) is 8.22. The van der Waals surface area contributed by atoms with Crippen LogP contribution in [0.3, 0.4) is 0 Å². The normalized spacial score (nSPS) is 47.3. The lowest BCUT2D eigenvalue weighted by Crippen LogP contribution is -2.41. The lowest BCUT2D eigenvalue weighted by molar-refractivity contribution is 0.153. The largest absolute Gasteiger partial charge is 0.508 e. The average molecular weight is 296 g/mol. The minimum atomic E-state index is -0.277. The van der Waals surface area contributed by atoms with E-state index in [9.17, 15) is 10.2 Å². The van der Waals surface area contributed by atoms with Crippen molar-refractivity contribution in [3.8, 4) is 0 Å². The number of hydrogen-bond acceptors (Lipinski definition) is 2. The lowest BCUT2D eigenvalue weighted by Gasteiger charge is -2.54. The first-order chi connectivity index (χ1) is 10.3. The summed E-state index contributed by atoms with van der Waals surface area (Å²) < 4.78 is 0. The van der Waals surface area contributed by atoms with Crippen LogP contribution in [0.5, 0.6) is 0 Å². The van der Waals surface area contributed by atoms with Crippen LogP contribution in [-0.2, 0) is 0 Å². The van der Waals surface area contributed by atoms with E-state index in [2.05, 4.69) is 13.0 Å². The molecule has 5 atom stereocenters. The Hall–Kier alpha value is -0.955. The van der Waals surface area contributed by atoms with Crippen molar-refractivity contribution in [2.45, 2.75) is 63.8 Å². The fourth-order valence-electron chi connectivity index (χ4n) is 5.75. The van der Waals surface area contributed by atoms with E-state index in [0.717, 1.165) is 44.1 Å². The quantitative estimate of drug-likeness (QED) is 0.524. The molecule has 2 fully saturated rings. The third kappa shape index (κ3) is 1.78. The van der Waals surface area contributed by atoms with Crippen LogP contribution >= 0.6 is 0 Å². The number of aliphatic hydroxyl groups is 2. The highest BCUT2D eigenvalue weighted by atomic mass is 16.3. The molecule has 0 saturated heterocycles. The van der Waals surface area contributed by atoms with Crippen molar-refractivity contribution in [1.29, 1.82) is 0 Å². The van der Waals surface area contributed by atoms with Crippen LogP contribution in [0.25, 0.3) is 0 Å². The average Bonchev–Trinajstić information content (AvgIpc) is 2.77. The summed E-state index contributed by atoms with van der Waals surface area (Å²) in [5, 5.41) is 19.9. The summed E-state index contributed by atoms with van der Waals surface area (Å²) in [5.41, 5.74) is 4.15. The molecule has 22 heavy (non-hydrogen) atoms. The number of allylic oxidation sites excluding steroid dienone is 4. The van der Waals surface area contributed by atoms with Gasteiger partial charge in [0, 0.05) is 0 Å². The van der Waals surface area contributed by atoms with Crippen LogP contribution in [0.15, 0.2) is 34.6 Å². The number of rotatable bonds is 0. The lowest BCUT2D eigenvalue weighted by atomic mass is 9.42. The molecule has 0 aromatic heterocycles. The maximum atomic E-state index is 10.2. The van der Waals surface area contributed by atoms with Crippen LogP contribution in [0.4, 0.5) is 0 Å². The number of hydrogen-bond donors (Lipinski definition) is 2. The van der Waals surface area contributed by atoms with Crippen molar-refractivity contribution in [1.82, 2.24) is 0 Å². The van der Waals surface area contributed by atoms with Crippen LogP contribution in [0.2, 0.25) is 5.31 Å². The van der Waals surface area contributed by atoms with E-state index in [1.54, 1.807) is 0 Å². The predicted octanol–water partition coefficient (Wildman–Crippen LogP) is 3.99. The highest BCUT2D eigenvalue weighted by Crippen LogP contribution is 2.66. The van der Waals surface area contributed by atoms with E-state index >= 15 is 0 Å². The molecule has 2 saturated carbocycles. The Kier molecular flexibility index (Phi) is 3.01. The molecule has 0 aromatic carbocycles. The predicted molar refractivity (Wildman–Crippen MR) is 88.7 cm³/mol. The fourth-order valence-corrected chi connectivity index (χ4v) is 5.75. The Morgan fingerprint density at radius 2 is 2.05 bits per heavy atom. The fraction of sp³-hybridized carbons (Fsp3) is 0.684. The second-order valence-electron chi connectivity index (χ2n) is 8.22. The standard InChI is InChI=1S/C19H25BO2/c1-11-13-3-4-15-16-9-12(21)10-18(16,2)7-8-19(15,20)14(13)5-6-17(11)22/h5-6,12-14,21-22H,3-4,7-10H2,1-2H3/t12-,13?,14?,18-,19+/m1/s1. The smallest absolute Gasteiger partial charge is 0.114 e. The third-order valence-corrected chi connectivity index (χ3v) is 7.03. The Morgan fingerprint density at radius 1 is 1.27 bits per heavy atom. The van der Waals surface area contributed by atoms with Crippen molar-refractivity contribution in [3.63, 3.8) is 0 Å². The van der Waals surface area contributed by atoms with Gasteiger partial charge in [0.1, 0.15) is 5.76 Å². The van der Waals surface area contributed by atoms with Gasteiger partial charge in [-0.1, -0.05) is 30.6 Å². The zero-order chi connectivity index (χ0) is 15.7. The van der Waals surface area contributed by atoms with Gasteiger partial charge in [0.15, 0.2) is 0 Å². The SMILES string of the molecule is [B][C@]12CC[C@]3(C)C[C@H](O)CC3=C1CCC1C(C)=C(O)C=CC12. The van der Waals surface area contributed by atoms with Gasteiger partial charge in [0.25, 0.3) is 0 Å². The number of fused-ring (bicyclic) bond motifs is 4. The maximum absolute atomic E-state index is 10.2. The Bertz CT molecular complexity index is 617. The summed E-state index contributed by atoms with van der Waals surface area (Å²) in [6, 6.07) is 0. The summed E-state index contributed by atoms with van der Waals surface area (Å²) in [7, 11) is 6.99. The van der Waals surface area contributed by atoms with E-state index in [-0.39, 0.29) is 16.8 Å². The monoisotopic (exact) mass is 296 g/mol. The van der Waals surface area contributed by atoms with Gasteiger partial charge in [-0.05, 0) is 73.2 Å². The van der Waals surface area contributed by atoms with Crippen molar-refractivity contribution in [2.75, 3.05) is 0 Å². The second kappa shape index (κ2) is 4.53. The van der Waals surface area contributed by atoms with E-state index in [1.807, 2.05) is 13.0 Å². The van der Waals surface area contributed by atoms with Gasteiger partial charge in [-0.2, -0.15) is 0 Å². The molecule has 0 spiro atoms. The minimum Gasteiger partial charge on any atom is -0.508 e. The van der Waals surface area contributed by atoms with Crippen molar-refractivity contribution < 1.29 is 10.2 Å². The van der Waals surface area contributed by atoms with E-state index < -0.39 is 0 Å². The molecule has 0 aromatic rings. The third-order valence-electron chi connectivity index (χ3n) is 7.03. The van der Waals surface area contributed by atoms with Crippen LogP contribution in [-0.4, -0.2) is 24.2 Å². The van der Waals surface area contributed by atoms with Crippen molar-refractivity contribution in [3.05, 3.63) is 34.6 Å². The highest BCUT2D eigenvalue weighted by molar-refractivity contribution is 6.18. The van der Waals surface area contributed by atoms with E-state index in [1.165, 1.54) is 11.1 Å². The summed E-state index contributed by atoms with van der Waals surface area (Å²) in [4.78, 5) is 0. The molecule has 3 heteroatoms. The molecule has 0 amide bonds. The summed E-state index contributed by atoms with van der Waals surface area (Å²) in [6.45, 7) is 4.36. The molecule has 4 rings (SSSR count). The zero-order valence-electron chi connectivity index (χ0n) is 13.6. The first-order valence-electron chi connectivity index (χ1n) is 8.63. The van der Waals surface area contributed by atoms with Gasteiger partial charge in [0.2, 0.25) is 0 Å². The molecule has 4 aliphatic carbocycles. The van der Waals surface area contributed by atoms with Gasteiger partial charge in [-0.25, -0.2) is 0 Å². The summed E-state index contributed by atoms with van der Waals surface area (Å²) in [5.74, 6) is 1.09. The summed E-state index contributed by atoms with van der Waals surface area (Å²) in [6.07, 6.45) is 9.65. The first kappa shape index (κ1) is 14.6. The molecule has 0 heterocycles. The molecular weight excluding hydrogens is 271 g/mol. The van der Waals surface area contributed by atoms with Gasteiger partial charge in [-0.3, -0.25) is 0 Å². The Morgan fingerprint density at radius 3 is 2.82 bits per heavy atom. The van der Waals surface area contributed by atoms with Gasteiger partial charge < -0.3 is 10.2 Å². The zero-order valence-corrected chi connectivity index (χ0v) is 13.6.